The quantitative estimate of drug-likeness (QED) is 0.263. The van der Waals surface area contributed by atoms with Crippen molar-refractivity contribution >= 4 is 27.5 Å². The number of carbonyl (C=O) groups is 1. The maximum atomic E-state index is 13.9. The second-order valence-electron chi connectivity index (χ2n) is 9.34. The van der Waals surface area contributed by atoms with Crippen LogP contribution in [0.2, 0.25) is 0 Å². The molecule has 0 unspecified atom stereocenters. The van der Waals surface area contributed by atoms with Crippen LogP contribution in [0.3, 0.4) is 0 Å². The lowest BCUT2D eigenvalue weighted by Crippen LogP contribution is -2.42. The van der Waals surface area contributed by atoms with E-state index >= 15 is 0 Å². The van der Waals surface area contributed by atoms with Crippen molar-refractivity contribution in [3.8, 4) is 16.5 Å². The van der Waals surface area contributed by atoms with Crippen molar-refractivity contribution in [2.75, 3.05) is 26.9 Å². The molecule has 1 aromatic carbocycles. The number of fused-ring (bicyclic) bond motifs is 1. The highest BCUT2D eigenvalue weighted by Gasteiger charge is 2.28. The molecule has 5 rings (SSSR count). The van der Waals surface area contributed by atoms with Crippen molar-refractivity contribution in [1.82, 2.24) is 14.1 Å². The Hall–Kier alpha value is -3.74. The van der Waals surface area contributed by atoms with E-state index in [1.165, 1.54) is 28.4 Å². The number of nitrogens with zero attached hydrogens (tertiary/aromatic N) is 3. The van der Waals surface area contributed by atoms with Crippen LogP contribution >= 0.6 is 11.3 Å². The lowest BCUT2D eigenvalue weighted by molar-refractivity contribution is -0.143. The molecule has 4 aromatic rings. The molecule has 0 aliphatic carbocycles. The molecule has 0 saturated carbocycles. The second kappa shape index (κ2) is 12.2. The zero-order chi connectivity index (χ0) is 28.2. The zero-order valence-corrected chi connectivity index (χ0v) is 23.4. The molecule has 1 aliphatic heterocycles. The summed E-state index contributed by atoms with van der Waals surface area (Å²) in [5.74, 6) is 0.286. The Morgan fingerprint density at radius 1 is 1.20 bits per heavy atom. The zero-order valence-electron chi connectivity index (χ0n) is 22.6. The van der Waals surface area contributed by atoms with Crippen molar-refractivity contribution < 1.29 is 28.2 Å². The minimum absolute atomic E-state index is 0.0706. The van der Waals surface area contributed by atoms with Gasteiger partial charge in [0, 0.05) is 18.8 Å². The van der Waals surface area contributed by atoms with Crippen LogP contribution in [-0.2, 0) is 32.1 Å². The van der Waals surface area contributed by atoms with Crippen molar-refractivity contribution in [1.29, 1.82) is 0 Å². The first-order valence-corrected chi connectivity index (χ1v) is 13.9. The van der Waals surface area contributed by atoms with E-state index < -0.39 is 29.9 Å². The Kier molecular flexibility index (Phi) is 8.48. The van der Waals surface area contributed by atoms with Crippen LogP contribution < -0.4 is 16.0 Å². The van der Waals surface area contributed by atoms with E-state index in [2.05, 4.69) is 4.98 Å². The number of esters is 1. The van der Waals surface area contributed by atoms with Gasteiger partial charge in [0.1, 0.15) is 29.5 Å². The van der Waals surface area contributed by atoms with Crippen LogP contribution in [0.4, 0.5) is 0 Å². The summed E-state index contributed by atoms with van der Waals surface area (Å²) in [5.41, 5.74) is 0.162. The van der Waals surface area contributed by atoms with E-state index in [9.17, 15) is 14.4 Å². The Bertz CT molecular complexity index is 1600. The molecule has 1 fully saturated rings. The van der Waals surface area contributed by atoms with Gasteiger partial charge in [-0.05, 0) is 38.3 Å². The van der Waals surface area contributed by atoms with E-state index in [1.54, 1.807) is 21.0 Å². The average molecular weight is 570 g/mol. The normalized spacial score (nSPS) is 14.9. The summed E-state index contributed by atoms with van der Waals surface area (Å²) in [6.45, 7) is 4.30. The van der Waals surface area contributed by atoms with Crippen LogP contribution in [0.5, 0.6) is 5.75 Å². The number of rotatable bonds is 10. The van der Waals surface area contributed by atoms with Crippen LogP contribution in [0.25, 0.3) is 21.0 Å². The Morgan fingerprint density at radius 2 is 1.98 bits per heavy atom. The minimum atomic E-state index is -0.673. The fourth-order valence-electron chi connectivity index (χ4n) is 4.93. The molecule has 0 spiro atoms. The molecule has 12 heteroatoms. The standard InChI is InChI=1S/C28H31N3O8S/c1-4-37-22(32)16-30-26(33)23-17(2)24(25-29-11-14-38-25)40-27(23)31(28(30)34)15-21(39-18-9-12-36-13-10-18)19-7-5-6-8-20(19)35-3/h5-8,11,14,18,21H,4,9-10,12-13,15-16H2,1-3H3/t21-/m0/s1. The molecule has 0 bridgehead atoms. The first kappa shape index (κ1) is 27.8. The lowest BCUT2D eigenvalue weighted by Gasteiger charge is -2.29. The average Bonchev–Trinajstić information content (AvgIpc) is 3.61. The highest BCUT2D eigenvalue weighted by atomic mass is 32.1. The fourth-order valence-corrected chi connectivity index (χ4v) is 6.17. The van der Waals surface area contributed by atoms with Crippen molar-refractivity contribution in [2.45, 2.75) is 52.0 Å². The first-order valence-electron chi connectivity index (χ1n) is 13.1. The third-order valence-corrected chi connectivity index (χ3v) is 8.18. The van der Waals surface area contributed by atoms with Gasteiger partial charge in [-0.15, -0.1) is 11.3 Å². The van der Waals surface area contributed by atoms with Gasteiger partial charge in [-0.25, -0.2) is 14.3 Å². The lowest BCUT2D eigenvalue weighted by atomic mass is 10.1. The largest absolute Gasteiger partial charge is 0.496 e. The van der Waals surface area contributed by atoms with Crippen LogP contribution in [0.15, 0.2) is 50.7 Å². The third kappa shape index (κ3) is 5.47. The molecule has 0 radical (unpaired) electrons. The highest BCUT2D eigenvalue weighted by Crippen LogP contribution is 2.37. The van der Waals surface area contributed by atoms with Crippen LogP contribution in [-0.4, -0.2) is 53.1 Å². The number of hydrogen-bond donors (Lipinski definition) is 0. The summed E-state index contributed by atoms with van der Waals surface area (Å²) in [7, 11) is 1.58. The van der Waals surface area contributed by atoms with Gasteiger partial charge in [-0.1, -0.05) is 18.2 Å². The van der Waals surface area contributed by atoms with Crippen molar-refractivity contribution in [3.63, 3.8) is 0 Å². The number of oxazole rings is 1. The molecule has 1 saturated heterocycles. The monoisotopic (exact) mass is 569 g/mol. The van der Waals surface area contributed by atoms with Gasteiger partial charge in [0.05, 0.1) is 42.8 Å². The molecular weight excluding hydrogens is 538 g/mol. The van der Waals surface area contributed by atoms with E-state index in [1.807, 2.05) is 24.3 Å². The number of hydrogen-bond acceptors (Lipinski definition) is 10. The Morgan fingerprint density at radius 3 is 2.67 bits per heavy atom. The van der Waals surface area contributed by atoms with E-state index in [0.717, 1.165) is 10.1 Å². The summed E-state index contributed by atoms with van der Waals surface area (Å²) in [6, 6.07) is 7.49. The van der Waals surface area contributed by atoms with Gasteiger partial charge in [0.2, 0.25) is 5.89 Å². The SMILES string of the molecule is CCOC(=O)Cn1c(=O)c2c(C)c(-c3ncco3)sc2n(C[C@H](OC2CCOCC2)c2ccccc2OC)c1=O. The maximum Gasteiger partial charge on any atom is 0.332 e. The third-order valence-electron chi connectivity index (χ3n) is 6.87. The second-order valence-corrected chi connectivity index (χ2v) is 10.3. The highest BCUT2D eigenvalue weighted by molar-refractivity contribution is 7.22. The van der Waals surface area contributed by atoms with E-state index in [0.29, 0.717) is 58.4 Å². The molecule has 1 aliphatic rings. The molecule has 1 atom stereocenters. The number of aryl methyl sites for hydroxylation is 1. The smallest absolute Gasteiger partial charge is 0.332 e. The molecule has 0 N–H and O–H groups in total. The number of carbonyl (C=O) groups excluding carboxylic acids is 1. The Balaban J connectivity index is 1.69. The van der Waals surface area contributed by atoms with Crippen molar-refractivity contribution in [3.05, 3.63) is 68.7 Å². The number of methoxy groups -OCH3 is 1. The van der Waals surface area contributed by atoms with E-state index in [4.69, 9.17) is 23.4 Å². The first-order chi connectivity index (χ1) is 19.4. The molecule has 4 heterocycles. The van der Waals surface area contributed by atoms with Crippen molar-refractivity contribution in [2.24, 2.45) is 0 Å². The summed E-state index contributed by atoms with van der Waals surface area (Å²) in [5, 5.41) is 0.312. The molecule has 40 heavy (non-hydrogen) atoms. The predicted octanol–water partition coefficient (Wildman–Crippen LogP) is 3.70. The van der Waals surface area contributed by atoms with Crippen LogP contribution in [0, 0.1) is 6.92 Å². The van der Waals surface area contributed by atoms with Gasteiger partial charge in [-0.3, -0.25) is 14.2 Å². The van der Waals surface area contributed by atoms with Gasteiger partial charge < -0.3 is 23.4 Å². The molecule has 3 aromatic heterocycles. The maximum absolute atomic E-state index is 13.9. The molecule has 0 amide bonds. The summed E-state index contributed by atoms with van der Waals surface area (Å²) in [4.78, 5) is 45.3. The topological polar surface area (TPSA) is 124 Å². The fraction of sp³-hybridized carbons (Fsp3) is 0.429. The number of ether oxygens (including phenoxy) is 4. The molecular formula is C28H31N3O8S. The predicted molar refractivity (Wildman–Crippen MR) is 148 cm³/mol. The summed E-state index contributed by atoms with van der Waals surface area (Å²) in [6.07, 6.45) is 3.71. The van der Waals surface area contributed by atoms with Gasteiger partial charge in [-0.2, -0.15) is 0 Å². The van der Waals surface area contributed by atoms with E-state index in [-0.39, 0.29) is 19.3 Å². The van der Waals surface area contributed by atoms with Crippen LogP contribution in [0.1, 0.15) is 37.0 Å². The number of aromatic nitrogens is 3. The number of benzene rings is 1. The Labute approximate surface area is 233 Å². The van der Waals surface area contributed by atoms with Gasteiger partial charge in [0.15, 0.2) is 0 Å². The molecule has 212 valence electrons. The van der Waals surface area contributed by atoms with Gasteiger partial charge >= 0.3 is 11.7 Å². The number of thiophene rings is 1. The number of para-hydroxylation sites is 1. The summed E-state index contributed by atoms with van der Waals surface area (Å²) < 4.78 is 30.8. The minimum Gasteiger partial charge on any atom is -0.496 e. The summed E-state index contributed by atoms with van der Waals surface area (Å²) >= 11 is 1.24. The van der Waals surface area contributed by atoms with Gasteiger partial charge in [0.25, 0.3) is 5.56 Å². The molecule has 11 nitrogen and oxygen atoms in total.